The van der Waals surface area contributed by atoms with Gasteiger partial charge < -0.3 is 5.32 Å². The molecule has 0 radical (unpaired) electrons. The van der Waals surface area contributed by atoms with Gasteiger partial charge in [-0.05, 0) is 55.6 Å². The highest BCUT2D eigenvalue weighted by Crippen LogP contribution is 2.44. The van der Waals surface area contributed by atoms with Crippen LogP contribution < -0.4 is 5.32 Å². The second-order valence-electron chi connectivity index (χ2n) is 8.31. The minimum Gasteiger partial charge on any atom is -0.353 e. The maximum Gasteiger partial charge on any atom is 0.223 e. The van der Waals surface area contributed by atoms with Crippen LogP contribution in [-0.2, 0) is 20.6 Å². The molecular formula is C20H27ClN2O3S. The van der Waals surface area contributed by atoms with Gasteiger partial charge in [-0.2, -0.15) is 0 Å². The van der Waals surface area contributed by atoms with E-state index in [1.165, 1.54) is 23.6 Å². The lowest BCUT2D eigenvalue weighted by Gasteiger charge is -2.32. The van der Waals surface area contributed by atoms with Crippen LogP contribution in [0.4, 0.5) is 0 Å². The van der Waals surface area contributed by atoms with Crippen LogP contribution in [0.2, 0.25) is 5.02 Å². The Labute approximate surface area is 166 Å². The molecule has 148 valence electrons. The third-order valence-electron chi connectivity index (χ3n) is 6.58. The zero-order valence-electron chi connectivity index (χ0n) is 15.4. The first-order valence-electron chi connectivity index (χ1n) is 9.94. The highest BCUT2D eigenvalue weighted by atomic mass is 35.5. The average Bonchev–Trinajstić information content (AvgIpc) is 3.27. The molecule has 1 heterocycles. The van der Waals surface area contributed by atoms with Crippen molar-refractivity contribution < 1.29 is 13.2 Å². The van der Waals surface area contributed by atoms with Crippen LogP contribution in [0.1, 0.15) is 44.1 Å². The molecule has 2 saturated carbocycles. The van der Waals surface area contributed by atoms with Crippen molar-refractivity contribution in [3.8, 4) is 0 Å². The summed E-state index contributed by atoms with van der Waals surface area (Å²) in [6, 6.07) is 7.38. The molecule has 1 aromatic rings. The first-order chi connectivity index (χ1) is 12.9. The van der Waals surface area contributed by atoms with Gasteiger partial charge in [0.2, 0.25) is 15.9 Å². The van der Waals surface area contributed by atoms with E-state index in [9.17, 15) is 13.2 Å². The number of amides is 1. The summed E-state index contributed by atoms with van der Waals surface area (Å²) in [4.78, 5) is 12.6. The maximum atomic E-state index is 12.7. The minimum atomic E-state index is -3.42. The summed E-state index contributed by atoms with van der Waals surface area (Å²) in [6.07, 6.45) is 6.14. The Hall–Kier alpha value is -1.11. The molecule has 4 rings (SSSR count). The van der Waals surface area contributed by atoms with Crippen molar-refractivity contribution in [3.63, 3.8) is 0 Å². The Morgan fingerprint density at radius 2 is 1.85 bits per heavy atom. The zero-order chi connectivity index (χ0) is 19.0. The molecule has 5 nitrogen and oxygen atoms in total. The molecule has 0 unspecified atom stereocenters. The normalized spacial score (nSPS) is 29.1. The van der Waals surface area contributed by atoms with Crippen LogP contribution in [0.5, 0.6) is 0 Å². The highest BCUT2D eigenvalue weighted by molar-refractivity contribution is 7.88. The summed E-state index contributed by atoms with van der Waals surface area (Å²) in [6.45, 7) is 0.809. The van der Waals surface area contributed by atoms with Crippen molar-refractivity contribution in [2.24, 2.45) is 17.8 Å². The summed E-state index contributed by atoms with van der Waals surface area (Å²) in [5.74, 6) is 1.42. The van der Waals surface area contributed by atoms with Gasteiger partial charge in [-0.15, -0.1) is 0 Å². The molecule has 1 aliphatic heterocycles. The fourth-order valence-electron chi connectivity index (χ4n) is 5.02. The molecule has 2 bridgehead atoms. The quantitative estimate of drug-likeness (QED) is 0.810. The largest absolute Gasteiger partial charge is 0.353 e. The van der Waals surface area contributed by atoms with Gasteiger partial charge in [0.1, 0.15) is 0 Å². The number of piperidine rings is 1. The van der Waals surface area contributed by atoms with E-state index in [4.69, 9.17) is 11.6 Å². The molecular weight excluding hydrogens is 384 g/mol. The summed E-state index contributed by atoms with van der Waals surface area (Å²) < 4.78 is 26.9. The van der Waals surface area contributed by atoms with Gasteiger partial charge >= 0.3 is 0 Å². The predicted octanol–water partition coefficient (Wildman–Crippen LogP) is 3.19. The van der Waals surface area contributed by atoms with Crippen molar-refractivity contribution in [2.45, 2.75) is 50.3 Å². The van der Waals surface area contributed by atoms with E-state index in [-0.39, 0.29) is 17.6 Å². The van der Waals surface area contributed by atoms with E-state index >= 15 is 0 Å². The molecule has 1 aromatic carbocycles. The highest BCUT2D eigenvalue weighted by Gasteiger charge is 2.41. The maximum absolute atomic E-state index is 12.7. The van der Waals surface area contributed by atoms with Gasteiger partial charge in [0.25, 0.3) is 0 Å². The van der Waals surface area contributed by atoms with Crippen LogP contribution in [0.25, 0.3) is 0 Å². The third kappa shape index (κ3) is 4.17. The van der Waals surface area contributed by atoms with Crippen molar-refractivity contribution in [2.75, 3.05) is 13.1 Å². The fraction of sp³-hybridized carbons (Fsp3) is 0.650. The van der Waals surface area contributed by atoms with Gasteiger partial charge in [-0.25, -0.2) is 12.7 Å². The van der Waals surface area contributed by atoms with Crippen LogP contribution in [-0.4, -0.2) is 37.8 Å². The number of carbonyl (C=O) groups excluding carboxylic acids is 1. The fourth-order valence-corrected chi connectivity index (χ4v) is 6.90. The first-order valence-corrected chi connectivity index (χ1v) is 11.9. The summed E-state index contributed by atoms with van der Waals surface area (Å²) in [5.41, 5.74) is 0.621. The topological polar surface area (TPSA) is 66.5 Å². The van der Waals surface area contributed by atoms with Crippen LogP contribution in [0, 0.1) is 17.8 Å². The Balaban J connectivity index is 1.30. The number of benzene rings is 1. The molecule has 0 spiro atoms. The van der Waals surface area contributed by atoms with Crippen molar-refractivity contribution in [3.05, 3.63) is 34.9 Å². The SMILES string of the molecule is O=C(N[C@@H]1C[C@H]2CC[C@H]1C2)C1CCN(S(=O)(=O)Cc2ccccc2Cl)CC1. The van der Waals surface area contributed by atoms with Crippen molar-refractivity contribution >= 4 is 27.5 Å². The molecule has 3 aliphatic rings. The Bertz CT molecular complexity index is 805. The number of sulfonamides is 1. The van der Waals surface area contributed by atoms with Crippen LogP contribution >= 0.6 is 11.6 Å². The summed E-state index contributed by atoms with van der Waals surface area (Å²) in [5, 5.41) is 3.73. The molecule has 2 aliphatic carbocycles. The first kappa shape index (κ1) is 19.2. The predicted molar refractivity (Wildman–Crippen MR) is 106 cm³/mol. The summed E-state index contributed by atoms with van der Waals surface area (Å²) >= 11 is 6.11. The standard InChI is InChI=1S/C20H27ClN2O3S/c21-18-4-2-1-3-17(18)13-27(25,26)23-9-7-15(8-10-23)20(24)22-19-12-14-5-6-16(19)11-14/h1-4,14-16,19H,5-13H2,(H,22,24)/t14-,16-,19+/m0/s1. The molecule has 1 N–H and O–H groups in total. The van der Waals surface area contributed by atoms with Gasteiger partial charge in [-0.1, -0.05) is 36.2 Å². The smallest absolute Gasteiger partial charge is 0.223 e. The lowest BCUT2D eigenvalue weighted by atomic mass is 9.93. The molecule has 3 fully saturated rings. The number of halogens is 1. The van der Waals surface area contributed by atoms with E-state index in [1.807, 2.05) is 0 Å². The van der Waals surface area contributed by atoms with Gasteiger partial charge in [-0.3, -0.25) is 4.79 Å². The van der Waals surface area contributed by atoms with E-state index in [0.717, 1.165) is 12.3 Å². The molecule has 7 heteroatoms. The molecule has 1 amide bonds. The minimum absolute atomic E-state index is 0.0733. The van der Waals surface area contributed by atoms with Gasteiger partial charge in [0.05, 0.1) is 5.75 Å². The molecule has 0 aromatic heterocycles. The second kappa shape index (κ2) is 7.72. The number of nitrogens with zero attached hydrogens (tertiary/aromatic N) is 1. The monoisotopic (exact) mass is 410 g/mol. The van der Waals surface area contributed by atoms with Gasteiger partial charge in [0.15, 0.2) is 0 Å². The van der Waals surface area contributed by atoms with Crippen molar-refractivity contribution in [1.29, 1.82) is 0 Å². The zero-order valence-corrected chi connectivity index (χ0v) is 17.0. The van der Waals surface area contributed by atoms with Crippen molar-refractivity contribution in [1.82, 2.24) is 9.62 Å². The van der Waals surface area contributed by atoms with Crippen LogP contribution in [0.3, 0.4) is 0 Å². The molecule has 27 heavy (non-hydrogen) atoms. The second-order valence-corrected chi connectivity index (χ2v) is 10.7. The number of hydrogen-bond acceptors (Lipinski definition) is 3. The van der Waals surface area contributed by atoms with E-state index < -0.39 is 10.0 Å². The average molecular weight is 411 g/mol. The number of nitrogens with one attached hydrogen (secondary N) is 1. The van der Waals surface area contributed by atoms with Gasteiger partial charge in [0, 0.05) is 30.1 Å². The Morgan fingerprint density at radius 3 is 2.48 bits per heavy atom. The third-order valence-corrected chi connectivity index (χ3v) is 8.78. The summed E-state index contributed by atoms with van der Waals surface area (Å²) in [7, 11) is -3.42. The van der Waals surface area contributed by atoms with E-state index in [1.54, 1.807) is 24.3 Å². The Kier molecular flexibility index (Phi) is 5.50. The Morgan fingerprint density at radius 1 is 1.11 bits per heavy atom. The molecule has 1 saturated heterocycles. The number of rotatable bonds is 5. The van der Waals surface area contributed by atoms with E-state index in [2.05, 4.69) is 5.32 Å². The lowest BCUT2D eigenvalue weighted by molar-refractivity contribution is -0.127. The number of hydrogen-bond donors (Lipinski definition) is 1. The van der Waals surface area contributed by atoms with E-state index in [0.29, 0.717) is 48.5 Å². The number of fused-ring (bicyclic) bond motifs is 2. The van der Waals surface area contributed by atoms with Crippen LogP contribution in [0.15, 0.2) is 24.3 Å². The number of carbonyl (C=O) groups is 1. The lowest BCUT2D eigenvalue weighted by Crippen LogP contribution is -2.46. The molecule has 3 atom stereocenters.